The monoisotopic (exact) mass is 394 g/mol. The van der Waals surface area contributed by atoms with Crippen LogP contribution in [0.1, 0.15) is 28.4 Å². The Hall–Kier alpha value is -1.79. The molecule has 6 heteroatoms. The molecule has 1 aliphatic heterocycles. The van der Waals surface area contributed by atoms with Crippen molar-refractivity contribution in [2.45, 2.75) is 18.6 Å². The van der Waals surface area contributed by atoms with Crippen LogP contribution in [-0.2, 0) is 12.6 Å². The maximum atomic E-state index is 12.8. The van der Waals surface area contributed by atoms with Gasteiger partial charge in [0.2, 0.25) is 0 Å². The summed E-state index contributed by atoms with van der Waals surface area (Å²) in [5.74, 6) is 0. The smallest absolute Gasteiger partial charge is 0.357 e. The summed E-state index contributed by atoms with van der Waals surface area (Å²) < 4.78 is 39.3. The molecule has 2 N–H and O–H groups in total. The lowest BCUT2D eigenvalue weighted by molar-refractivity contribution is -0.137. The molecule has 3 aromatic rings. The first kappa shape index (κ1) is 15.7. The molecule has 0 amide bonds. The number of alkyl halides is 3. The Morgan fingerprint density at radius 2 is 1.79 bits per heavy atom. The second kappa shape index (κ2) is 5.63. The minimum atomic E-state index is -4.31. The number of fused-ring (bicyclic) bond motifs is 3. The van der Waals surface area contributed by atoms with Crippen LogP contribution in [0.3, 0.4) is 0 Å². The maximum Gasteiger partial charge on any atom is 0.416 e. The molecular weight excluding hydrogens is 381 g/mol. The minimum Gasteiger partial charge on any atom is -0.357 e. The zero-order valence-corrected chi connectivity index (χ0v) is 14.1. The van der Waals surface area contributed by atoms with Crippen molar-refractivity contribution in [3.63, 3.8) is 0 Å². The average Bonchev–Trinajstić information content (AvgIpc) is 2.92. The molecule has 0 saturated heterocycles. The first-order valence-electron chi connectivity index (χ1n) is 7.64. The van der Waals surface area contributed by atoms with Crippen LogP contribution in [0.5, 0.6) is 0 Å². The van der Waals surface area contributed by atoms with Gasteiger partial charge < -0.3 is 10.3 Å². The zero-order chi connectivity index (χ0) is 16.9. The van der Waals surface area contributed by atoms with Crippen LogP contribution in [0.15, 0.2) is 46.9 Å². The number of hydrogen-bond donors (Lipinski definition) is 2. The van der Waals surface area contributed by atoms with E-state index in [0.29, 0.717) is 0 Å². The van der Waals surface area contributed by atoms with E-state index in [0.717, 1.165) is 51.7 Å². The normalized spacial score (nSPS) is 17.9. The molecular formula is C18H14BrF3N2. The quantitative estimate of drug-likeness (QED) is 0.584. The minimum absolute atomic E-state index is 0.123. The largest absolute Gasteiger partial charge is 0.416 e. The predicted molar refractivity (Wildman–Crippen MR) is 91.0 cm³/mol. The van der Waals surface area contributed by atoms with Gasteiger partial charge in [-0.05, 0) is 47.9 Å². The summed E-state index contributed by atoms with van der Waals surface area (Å²) in [7, 11) is 0. The molecule has 0 fully saturated rings. The number of halogens is 4. The summed E-state index contributed by atoms with van der Waals surface area (Å²) in [6.07, 6.45) is -3.42. The molecule has 0 spiro atoms. The second-order valence-corrected chi connectivity index (χ2v) is 6.88. The number of nitrogens with one attached hydrogen (secondary N) is 2. The van der Waals surface area contributed by atoms with Crippen molar-refractivity contribution in [3.05, 3.63) is 69.3 Å². The van der Waals surface area contributed by atoms with E-state index in [9.17, 15) is 13.2 Å². The van der Waals surface area contributed by atoms with E-state index in [1.54, 1.807) is 12.1 Å². The van der Waals surface area contributed by atoms with Gasteiger partial charge in [0.05, 0.1) is 11.6 Å². The fourth-order valence-corrected chi connectivity index (χ4v) is 3.71. The van der Waals surface area contributed by atoms with Gasteiger partial charge in [0, 0.05) is 27.6 Å². The zero-order valence-electron chi connectivity index (χ0n) is 12.5. The fourth-order valence-electron chi connectivity index (χ4n) is 3.35. The average molecular weight is 395 g/mol. The Morgan fingerprint density at radius 1 is 1.04 bits per heavy atom. The fraction of sp³-hybridized carbons (Fsp3) is 0.222. The van der Waals surface area contributed by atoms with Crippen molar-refractivity contribution in [1.82, 2.24) is 10.3 Å². The summed E-state index contributed by atoms with van der Waals surface area (Å²) in [5.41, 5.74) is 3.52. The first-order valence-corrected chi connectivity index (χ1v) is 8.43. The van der Waals surface area contributed by atoms with E-state index in [-0.39, 0.29) is 6.04 Å². The number of rotatable bonds is 1. The molecule has 2 heterocycles. The second-order valence-electron chi connectivity index (χ2n) is 5.96. The summed E-state index contributed by atoms with van der Waals surface area (Å²) in [6.45, 7) is 0.790. The van der Waals surface area contributed by atoms with E-state index in [1.165, 1.54) is 5.56 Å². The van der Waals surface area contributed by atoms with Gasteiger partial charge >= 0.3 is 6.18 Å². The lowest BCUT2D eigenvalue weighted by atomic mass is 9.94. The van der Waals surface area contributed by atoms with Crippen LogP contribution >= 0.6 is 15.9 Å². The van der Waals surface area contributed by atoms with Crippen molar-refractivity contribution in [2.75, 3.05) is 6.54 Å². The van der Waals surface area contributed by atoms with Crippen LogP contribution in [0.2, 0.25) is 0 Å². The van der Waals surface area contributed by atoms with Gasteiger partial charge in [0.15, 0.2) is 0 Å². The van der Waals surface area contributed by atoms with Gasteiger partial charge in [0.1, 0.15) is 0 Å². The summed E-state index contributed by atoms with van der Waals surface area (Å²) in [6, 6.07) is 11.3. The van der Waals surface area contributed by atoms with Gasteiger partial charge in [-0.2, -0.15) is 13.2 Å². The summed E-state index contributed by atoms with van der Waals surface area (Å²) in [5, 5.41) is 4.57. The first-order chi connectivity index (χ1) is 11.4. The van der Waals surface area contributed by atoms with E-state index in [2.05, 4.69) is 32.3 Å². The highest BCUT2D eigenvalue weighted by atomic mass is 79.9. The van der Waals surface area contributed by atoms with Crippen molar-refractivity contribution < 1.29 is 13.2 Å². The molecule has 124 valence electrons. The Bertz CT molecular complexity index is 897. The van der Waals surface area contributed by atoms with Crippen LogP contribution in [0.25, 0.3) is 10.9 Å². The summed E-state index contributed by atoms with van der Waals surface area (Å²) in [4.78, 5) is 3.43. The lowest BCUT2D eigenvalue weighted by Gasteiger charge is -2.25. The molecule has 2 aromatic carbocycles. The number of benzene rings is 2. The Kier molecular flexibility index (Phi) is 3.69. The van der Waals surface area contributed by atoms with Crippen molar-refractivity contribution in [3.8, 4) is 0 Å². The molecule has 0 aliphatic carbocycles. The number of aromatic nitrogens is 1. The molecule has 1 unspecified atom stereocenters. The van der Waals surface area contributed by atoms with Crippen molar-refractivity contribution in [2.24, 2.45) is 0 Å². The van der Waals surface area contributed by atoms with Crippen LogP contribution in [0.4, 0.5) is 13.2 Å². The van der Waals surface area contributed by atoms with Crippen LogP contribution in [-0.4, -0.2) is 11.5 Å². The molecule has 0 radical (unpaired) electrons. The SMILES string of the molecule is FC(F)(F)c1ccc(C2NCCc3c2[nH]c2ccc(Br)cc32)cc1. The summed E-state index contributed by atoms with van der Waals surface area (Å²) >= 11 is 3.50. The third-order valence-corrected chi connectivity index (χ3v) is 4.98. The highest BCUT2D eigenvalue weighted by Gasteiger charge is 2.31. The molecule has 24 heavy (non-hydrogen) atoms. The topological polar surface area (TPSA) is 27.8 Å². The third-order valence-electron chi connectivity index (χ3n) is 4.48. The molecule has 1 aromatic heterocycles. The standard InChI is InChI=1S/C18H14BrF3N2/c19-12-5-6-15-14(9-12)13-7-8-23-16(17(13)24-15)10-1-3-11(4-2-10)18(20,21)22/h1-6,9,16,23-24H,7-8H2. The molecule has 1 atom stereocenters. The van der Waals surface area contributed by atoms with E-state index in [4.69, 9.17) is 0 Å². The van der Waals surface area contributed by atoms with Gasteiger partial charge in [-0.3, -0.25) is 0 Å². The van der Waals surface area contributed by atoms with Gasteiger partial charge in [-0.25, -0.2) is 0 Å². The van der Waals surface area contributed by atoms with Crippen molar-refractivity contribution in [1.29, 1.82) is 0 Å². The van der Waals surface area contributed by atoms with Crippen molar-refractivity contribution >= 4 is 26.8 Å². The number of aromatic amines is 1. The maximum absolute atomic E-state index is 12.8. The van der Waals surface area contributed by atoms with E-state index >= 15 is 0 Å². The van der Waals surface area contributed by atoms with E-state index in [1.807, 2.05) is 12.1 Å². The number of hydrogen-bond acceptors (Lipinski definition) is 1. The highest BCUT2D eigenvalue weighted by Crippen LogP contribution is 2.36. The van der Waals surface area contributed by atoms with Gasteiger partial charge in [0.25, 0.3) is 0 Å². The van der Waals surface area contributed by atoms with Crippen LogP contribution in [0, 0.1) is 0 Å². The van der Waals surface area contributed by atoms with Gasteiger partial charge in [-0.1, -0.05) is 28.1 Å². The Morgan fingerprint density at radius 3 is 2.50 bits per heavy atom. The Balaban J connectivity index is 1.78. The predicted octanol–water partition coefficient (Wildman–Crippen LogP) is 5.18. The van der Waals surface area contributed by atoms with Gasteiger partial charge in [-0.15, -0.1) is 0 Å². The molecule has 0 saturated carbocycles. The Labute approximate surface area is 145 Å². The van der Waals surface area contributed by atoms with E-state index < -0.39 is 11.7 Å². The molecule has 2 nitrogen and oxygen atoms in total. The van der Waals surface area contributed by atoms with Crippen LogP contribution < -0.4 is 5.32 Å². The number of H-pyrrole nitrogens is 1. The molecule has 0 bridgehead atoms. The molecule has 4 rings (SSSR count). The lowest BCUT2D eigenvalue weighted by Crippen LogP contribution is -2.30. The third kappa shape index (κ3) is 2.63. The molecule has 1 aliphatic rings. The highest BCUT2D eigenvalue weighted by molar-refractivity contribution is 9.10.